The molecule has 1 atom stereocenters. The van der Waals surface area contributed by atoms with E-state index in [1.807, 2.05) is 43.3 Å². The van der Waals surface area contributed by atoms with Gasteiger partial charge in [0.25, 0.3) is 0 Å². The number of aromatic nitrogens is 1. The third kappa shape index (κ3) is 4.09. The average molecular weight is 348 g/mol. The molecule has 0 fully saturated rings. The van der Waals surface area contributed by atoms with E-state index in [-0.39, 0.29) is 12.3 Å². The van der Waals surface area contributed by atoms with Gasteiger partial charge < -0.3 is 10.4 Å². The van der Waals surface area contributed by atoms with Crippen molar-refractivity contribution in [3.63, 3.8) is 0 Å². The number of nitrogens with zero attached hydrogens (tertiary/aromatic N) is 1. The molecule has 0 bridgehead atoms. The van der Waals surface area contributed by atoms with Crippen LogP contribution in [0.2, 0.25) is 0 Å². The zero-order valence-electron chi connectivity index (χ0n) is 15.2. The molecule has 1 unspecified atom stereocenters. The monoisotopic (exact) mass is 348 g/mol. The van der Waals surface area contributed by atoms with Crippen LogP contribution in [0.3, 0.4) is 0 Å². The van der Waals surface area contributed by atoms with Crippen molar-refractivity contribution in [2.75, 3.05) is 6.54 Å². The largest absolute Gasteiger partial charge is 0.393 e. The molecule has 4 heteroatoms. The quantitative estimate of drug-likeness (QED) is 0.715. The normalized spacial score (nSPS) is 12.1. The molecule has 4 nitrogen and oxygen atoms in total. The van der Waals surface area contributed by atoms with E-state index in [1.165, 1.54) is 0 Å². The molecule has 1 amide bonds. The van der Waals surface area contributed by atoms with E-state index >= 15 is 0 Å². The van der Waals surface area contributed by atoms with Crippen molar-refractivity contribution in [3.05, 3.63) is 65.9 Å². The summed E-state index contributed by atoms with van der Waals surface area (Å²) in [5.41, 5.74) is 4.90. The molecule has 0 aliphatic heterocycles. The highest BCUT2D eigenvalue weighted by atomic mass is 16.3. The van der Waals surface area contributed by atoms with Gasteiger partial charge in [-0.15, -0.1) is 0 Å². The Morgan fingerprint density at radius 1 is 1.12 bits per heavy atom. The summed E-state index contributed by atoms with van der Waals surface area (Å²) in [4.78, 5) is 17.1. The molecule has 3 rings (SSSR count). The second-order valence-corrected chi connectivity index (χ2v) is 6.60. The predicted octanol–water partition coefficient (Wildman–Crippen LogP) is 3.64. The van der Waals surface area contributed by atoms with E-state index in [2.05, 4.69) is 23.5 Å². The van der Waals surface area contributed by atoms with Crippen LogP contribution < -0.4 is 5.32 Å². The molecule has 1 aromatic heterocycles. The molecule has 3 aromatic rings. The number of fused-ring (bicyclic) bond motifs is 1. The summed E-state index contributed by atoms with van der Waals surface area (Å²) in [5.74, 6) is -0.0528. The topological polar surface area (TPSA) is 62.2 Å². The van der Waals surface area contributed by atoms with Gasteiger partial charge in [0.15, 0.2) is 0 Å². The van der Waals surface area contributed by atoms with Crippen LogP contribution in [-0.4, -0.2) is 28.6 Å². The highest BCUT2D eigenvalue weighted by Gasteiger charge is 2.17. The predicted molar refractivity (Wildman–Crippen MR) is 105 cm³/mol. The SMILES string of the molecule is Cc1nc2ccccc2c(-c2ccccc2)c1CC(=O)NCCC(C)O. The molecule has 134 valence electrons. The number of rotatable bonds is 6. The molecular formula is C22H24N2O2. The first-order valence-electron chi connectivity index (χ1n) is 8.94. The number of pyridine rings is 1. The van der Waals surface area contributed by atoms with Gasteiger partial charge in [0, 0.05) is 17.6 Å². The van der Waals surface area contributed by atoms with Crippen LogP contribution in [0.25, 0.3) is 22.0 Å². The lowest BCUT2D eigenvalue weighted by Crippen LogP contribution is -2.28. The van der Waals surface area contributed by atoms with Gasteiger partial charge >= 0.3 is 0 Å². The number of benzene rings is 2. The van der Waals surface area contributed by atoms with Gasteiger partial charge in [-0.05, 0) is 43.0 Å². The molecule has 0 radical (unpaired) electrons. The Kier molecular flexibility index (Phi) is 5.64. The number of amides is 1. The van der Waals surface area contributed by atoms with E-state index < -0.39 is 6.10 Å². The number of para-hydroxylation sites is 1. The maximum Gasteiger partial charge on any atom is 0.224 e. The van der Waals surface area contributed by atoms with E-state index in [1.54, 1.807) is 6.92 Å². The Balaban J connectivity index is 2.01. The molecule has 2 aromatic carbocycles. The van der Waals surface area contributed by atoms with Crippen molar-refractivity contribution in [2.45, 2.75) is 32.8 Å². The van der Waals surface area contributed by atoms with Gasteiger partial charge in [-0.25, -0.2) is 0 Å². The molecular weight excluding hydrogens is 324 g/mol. The standard InChI is InChI=1S/C22H24N2O2/c1-15(25)12-13-23-21(26)14-19-16(2)24-20-11-7-6-10-18(20)22(19)17-8-4-3-5-9-17/h3-11,15,25H,12-14H2,1-2H3,(H,23,26). The van der Waals surface area contributed by atoms with E-state index in [0.717, 1.165) is 33.3 Å². The number of aliphatic hydroxyl groups excluding tert-OH is 1. The molecule has 0 aliphatic carbocycles. The van der Waals surface area contributed by atoms with Crippen molar-refractivity contribution in [2.24, 2.45) is 0 Å². The van der Waals surface area contributed by atoms with Crippen molar-refractivity contribution < 1.29 is 9.90 Å². The minimum atomic E-state index is -0.417. The third-order valence-corrected chi connectivity index (χ3v) is 4.48. The lowest BCUT2D eigenvalue weighted by molar-refractivity contribution is -0.120. The van der Waals surface area contributed by atoms with Crippen molar-refractivity contribution >= 4 is 16.8 Å². The smallest absolute Gasteiger partial charge is 0.224 e. The maximum absolute atomic E-state index is 12.4. The van der Waals surface area contributed by atoms with Crippen LogP contribution in [-0.2, 0) is 11.2 Å². The molecule has 0 saturated heterocycles. The fourth-order valence-electron chi connectivity index (χ4n) is 3.17. The zero-order chi connectivity index (χ0) is 18.5. The number of nitrogens with one attached hydrogen (secondary N) is 1. The Labute approximate surface area is 153 Å². The first-order chi connectivity index (χ1) is 12.6. The van der Waals surface area contributed by atoms with Gasteiger partial charge in [0.1, 0.15) is 0 Å². The minimum Gasteiger partial charge on any atom is -0.393 e. The molecule has 1 heterocycles. The lowest BCUT2D eigenvalue weighted by Gasteiger charge is -2.16. The van der Waals surface area contributed by atoms with E-state index in [4.69, 9.17) is 4.98 Å². The lowest BCUT2D eigenvalue weighted by atomic mass is 9.92. The van der Waals surface area contributed by atoms with Crippen LogP contribution >= 0.6 is 0 Å². The summed E-state index contributed by atoms with van der Waals surface area (Å²) in [6, 6.07) is 18.2. The van der Waals surface area contributed by atoms with Crippen LogP contribution in [0, 0.1) is 6.92 Å². The third-order valence-electron chi connectivity index (χ3n) is 4.48. The number of aliphatic hydroxyl groups is 1. The Hall–Kier alpha value is -2.72. The summed E-state index contributed by atoms with van der Waals surface area (Å²) in [5, 5.41) is 13.3. The van der Waals surface area contributed by atoms with Crippen LogP contribution in [0.1, 0.15) is 24.6 Å². The Bertz CT molecular complexity index is 905. The van der Waals surface area contributed by atoms with Crippen LogP contribution in [0.15, 0.2) is 54.6 Å². The number of aryl methyl sites for hydroxylation is 1. The maximum atomic E-state index is 12.4. The van der Waals surface area contributed by atoms with Gasteiger partial charge in [-0.2, -0.15) is 0 Å². The van der Waals surface area contributed by atoms with Gasteiger partial charge in [-0.3, -0.25) is 9.78 Å². The van der Waals surface area contributed by atoms with Crippen molar-refractivity contribution in [1.29, 1.82) is 0 Å². The summed E-state index contributed by atoms with van der Waals surface area (Å²) in [7, 11) is 0. The molecule has 0 saturated carbocycles. The van der Waals surface area contributed by atoms with Gasteiger partial charge in [0.2, 0.25) is 5.91 Å². The Morgan fingerprint density at radius 2 is 1.81 bits per heavy atom. The Morgan fingerprint density at radius 3 is 2.54 bits per heavy atom. The molecule has 26 heavy (non-hydrogen) atoms. The summed E-state index contributed by atoms with van der Waals surface area (Å²) >= 11 is 0. The van der Waals surface area contributed by atoms with Crippen LogP contribution in [0.4, 0.5) is 0 Å². The summed E-state index contributed by atoms with van der Waals surface area (Å²) < 4.78 is 0. The first kappa shape index (κ1) is 18.1. The van der Waals surface area contributed by atoms with E-state index in [9.17, 15) is 9.90 Å². The highest BCUT2D eigenvalue weighted by molar-refractivity contribution is 5.98. The number of carbonyl (C=O) groups excluding carboxylic acids is 1. The highest BCUT2D eigenvalue weighted by Crippen LogP contribution is 2.33. The van der Waals surface area contributed by atoms with Gasteiger partial charge in [0.05, 0.1) is 18.0 Å². The molecule has 2 N–H and O–H groups in total. The second kappa shape index (κ2) is 8.11. The fourth-order valence-corrected chi connectivity index (χ4v) is 3.17. The molecule has 0 spiro atoms. The number of carbonyl (C=O) groups is 1. The van der Waals surface area contributed by atoms with Crippen molar-refractivity contribution in [3.8, 4) is 11.1 Å². The van der Waals surface area contributed by atoms with Gasteiger partial charge in [-0.1, -0.05) is 48.5 Å². The van der Waals surface area contributed by atoms with Crippen LogP contribution in [0.5, 0.6) is 0 Å². The summed E-state index contributed by atoms with van der Waals surface area (Å²) in [6.45, 7) is 4.14. The number of hydrogen-bond acceptors (Lipinski definition) is 3. The first-order valence-corrected chi connectivity index (χ1v) is 8.94. The second-order valence-electron chi connectivity index (χ2n) is 6.60. The summed E-state index contributed by atoms with van der Waals surface area (Å²) in [6.07, 6.45) is 0.402. The zero-order valence-corrected chi connectivity index (χ0v) is 15.2. The fraction of sp³-hybridized carbons (Fsp3) is 0.273. The number of hydrogen-bond donors (Lipinski definition) is 2. The average Bonchev–Trinajstić information content (AvgIpc) is 2.62. The molecule has 0 aliphatic rings. The van der Waals surface area contributed by atoms with E-state index in [0.29, 0.717) is 13.0 Å². The minimum absolute atomic E-state index is 0.0528. The van der Waals surface area contributed by atoms with Crippen molar-refractivity contribution in [1.82, 2.24) is 10.3 Å².